The monoisotopic (exact) mass is 176 g/mol. The third-order valence-electron chi connectivity index (χ3n) is 2.25. The van der Waals surface area contributed by atoms with E-state index >= 15 is 0 Å². The maximum Gasteiger partial charge on any atom is 1.00 e. The van der Waals surface area contributed by atoms with E-state index in [2.05, 4.69) is 20.3 Å². The van der Waals surface area contributed by atoms with Crippen LogP contribution in [0.3, 0.4) is 0 Å². The van der Waals surface area contributed by atoms with Gasteiger partial charge < -0.3 is 6.42 Å². The minimum absolute atomic E-state index is 0. The van der Waals surface area contributed by atoms with E-state index in [4.69, 9.17) is 0 Å². The quantitative estimate of drug-likeness (QED) is 0.285. The van der Waals surface area contributed by atoms with Crippen molar-refractivity contribution in [3.8, 4) is 0 Å². The van der Waals surface area contributed by atoms with E-state index in [9.17, 15) is 0 Å². The van der Waals surface area contributed by atoms with Gasteiger partial charge in [0.15, 0.2) is 0 Å². The molecule has 0 aliphatic rings. The molecule has 0 bridgehead atoms. The van der Waals surface area contributed by atoms with Crippen molar-refractivity contribution in [2.45, 2.75) is 71.6 Å². The molecule has 0 unspecified atom stereocenters. The fraction of sp³-hybridized carbons (Fsp3) is 0.917. The number of unbranched alkanes of at least 4 members (excludes halogenated alkanes) is 9. The van der Waals surface area contributed by atoms with Crippen molar-refractivity contribution >= 4 is 0 Å². The van der Waals surface area contributed by atoms with E-state index < -0.39 is 0 Å². The van der Waals surface area contributed by atoms with Crippen LogP contribution in [0.15, 0.2) is 0 Å². The predicted octanol–water partition coefficient (Wildman–Crippen LogP) is 1.75. The molecule has 0 aromatic rings. The summed E-state index contributed by atoms with van der Waals surface area (Å²) in [5.41, 5.74) is 0. The van der Waals surface area contributed by atoms with Crippen molar-refractivity contribution in [1.29, 1.82) is 0 Å². The van der Waals surface area contributed by atoms with Gasteiger partial charge in [-0.2, -0.15) is 12.8 Å². The van der Waals surface area contributed by atoms with Crippen LogP contribution in [0.4, 0.5) is 0 Å². The van der Waals surface area contributed by atoms with Gasteiger partial charge in [0.05, 0.1) is 0 Å². The molecule has 0 heterocycles. The minimum atomic E-state index is 0. The average Bonchev–Trinajstić information content (AvgIpc) is 2.10. The van der Waals surface area contributed by atoms with E-state index in [1.54, 1.807) is 0 Å². The fourth-order valence-electron chi connectivity index (χ4n) is 1.42. The third kappa shape index (κ3) is 15.4. The molecular formula is C12H25Li. The summed E-state index contributed by atoms with van der Waals surface area (Å²) in [5.74, 6) is 0. The van der Waals surface area contributed by atoms with Gasteiger partial charge in [-0.1, -0.05) is 58.8 Å². The first-order valence-electron chi connectivity index (χ1n) is 5.73. The Bertz CT molecular complexity index is 61.5. The molecule has 0 fully saturated rings. The average molecular weight is 176 g/mol. The van der Waals surface area contributed by atoms with Crippen LogP contribution in [0.2, 0.25) is 0 Å². The summed E-state index contributed by atoms with van der Waals surface area (Å²) in [4.78, 5) is 0. The maximum atomic E-state index is 2.44. The molecule has 0 amide bonds. The molecule has 0 aromatic heterocycles. The second-order valence-electron chi connectivity index (χ2n) is 3.63. The van der Waals surface area contributed by atoms with Gasteiger partial charge in [0, 0.05) is 0 Å². The van der Waals surface area contributed by atoms with Gasteiger partial charge in [-0.25, -0.2) is 0 Å². The Morgan fingerprint density at radius 1 is 0.692 bits per heavy atom. The summed E-state index contributed by atoms with van der Waals surface area (Å²) >= 11 is 0. The van der Waals surface area contributed by atoms with Gasteiger partial charge in [0.1, 0.15) is 0 Å². The Kier molecular flexibility index (Phi) is 18.6. The van der Waals surface area contributed by atoms with Crippen LogP contribution in [-0.4, -0.2) is 0 Å². The molecule has 0 aliphatic heterocycles. The standard InChI is InChI=1S/C12H25.Li/c1-3-5-7-9-11-12-10-8-6-4-2;/h7H,3-6,8-12H2,1-2H3;/q-1;+1. The number of hydrogen-bond donors (Lipinski definition) is 0. The Hall–Kier alpha value is 0.597. The van der Waals surface area contributed by atoms with E-state index in [-0.39, 0.29) is 18.9 Å². The normalized spacial score (nSPS) is 9.69. The molecule has 0 rings (SSSR count). The first kappa shape index (κ1) is 16.0. The van der Waals surface area contributed by atoms with E-state index in [0.717, 1.165) is 0 Å². The molecule has 0 aromatic carbocycles. The number of rotatable bonds is 9. The van der Waals surface area contributed by atoms with Crippen LogP contribution in [0, 0.1) is 6.42 Å². The molecule has 0 saturated heterocycles. The Labute approximate surface area is 97.1 Å². The first-order chi connectivity index (χ1) is 5.91. The second kappa shape index (κ2) is 15.1. The molecule has 1 heteroatoms. The van der Waals surface area contributed by atoms with Gasteiger partial charge in [-0.15, -0.1) is 0 Å². The second-order valence-corrected chi connectivity index (χ2v) is 3.63. The molecule has 13 heavy (non-hydrogen) atoms. The first-order valence-corrected chi connectivity index (χ1v) is 5.73. The Balaban J connectivity index is 0. The molecule has 0 N–H and O–H groups in total. The van der Waals surface area contributed by atoms with E-state index in [1.807, 2.05) is 0 Å². The van der Waals surface area contributed by atoms with E-state index in [1.165, 1.54) is 57.8 Å². The SMILES string of the molecule is CCC[CH-]CCCCCCCC.[Li+]. The van der Waals surface area contributed by atoms with Crippen LogP contribution in [0.25, 0.3) is 0 Å². The van der Waals surface area contributed by atoms with Crippen LogP contribution in [-0.2, 0) is 0 Å². The van der Waals surface area contributed by atoms with Crippen molar-refractivity contribution in [3.05, 3.63) is 6.42 Å². The zero-order valence-corrected chi connectivity index (χ0v) is 9.94. The number of hydrogen-bond acceptors (Lipinski definition) is 0. The summed E-state index contributed by atoms with van der Waals surface area (Å²) in [5, 5.41) is 0. The largest absolute Gasteiger partial charge is 1.00 e. The summed E-state index contributed by atoms with van der Waals surface area (Å²) < 4.78 is 0. The smallest absolute Gasteiger partial charge is 0.328 e. The fourth-order valence-corrected chi connectivity index (χ4v) is 1.42. The summed E-state index contributed by atoms with van der Waals surface area (Å²) in [6, 6.07) is 0. The summed E-state index contributed by atoms with van der Waals surface area (Å²) in [6.45, 7) is 4.52. The van der Waals surface area contributed by atoms with Crippen molar-refractivity contribution in [2.75, 3.05) is 0 Å². The van der Waals surface area contributed by atoms with Gasteiger partial charge in [-0.3, -0.25) is 0 Å². The van der Waals surface area contributed by atoms with Gasteiger partial charge in [0.2, 0.25) is 0 Å². The van der Waals surface area contributed by atoms with Gasteiger partial charge >= 0.3 is 18.9 Å². The van der Waals surface area contributed by atoms with Crippen molar-refractivity contribution in [2.24, 2.45) is 0 Å². The topological polar surface area (TPSA) is 0 Å². The Morgan fingerprint density at radius 3 is 1.92 bits per heavy atom. The third-order valence-corrected chi connectivity index (χ3v) is 2.25. The molecule has 74 valence electrons. The van der Waals surface area contributed by atoms with Crippen LogP contribution < -0.4 is 18.9 Å². The molecular weight excluding hydrogens is 151 g/mol. The van der Waals surface area contributed by atoms with E-state index in [0.29, 0.717) is 0 Å². The molecule has 0 spiro atoms. The molecule has 0 atom stereocenters. The molecule has 0 aliphatic carbocycles. The summed E-state index contributed by atoms with van der Waals surface area (Å²) in [7, 11) is 0. The van der Waals surface area contributed by atoms with Crippen molar-refractivity contribution in [1.82, 2.24) is 0 Å². The van der Waals surface area contributed by atoms with Crippen molar-refractivity contribution < 1.29 is 18.9 Å². The van der Waals surface area contributed by atoms with Gasteiger partial charge in [0.25, 0.3) is 0 Å². The zero-order valence-electron chi connectivity index (χ0n) is 9.94. The predicted molar refractivity (Wildman–Crippen MR) is 57.2 cm³/mol. The zero-order chi connectivity index (χ0) is 9.07. The van der Waals surface area contributed by atoms with Crippen LogP contribution >= 0.6 is 0 Å². The maximum absolute atomic E-state index is 2.44. The summed E-state index contributed by atoms with van der Waals surface area (Å²) in [6.07, 6.45) is 15.0. The van der Waals surface area contributed by atoms with Crippen LogP contribution in [0.1, 0.15) is 71.6 Å². The van der Waals surface area contributed by atoms with Crippen LogP contribution in [0.5, 0.6) is 0 Å². The minimum Gasteiger partial charge on any atom is -0.328 e. The molecule has 0 saturated carbocycles. The van der Waals surface area contributed by atoms with Gasteiger partial charge in [-0.05, 0) is 0 Å². The Morgan fingerprint density at radius 2 is 1.31 bits per heavy atom. The van der Waals surface area contributed by atoms with Crippen molar-refractivity contribution in [3.63, 3.8) is 0 Å². The molecule has 0 nitrogen and oxygen atoms in total. The molecule has 0 radical (unpaired) electrons.